The number of piperidine rings is 1. The fourth-order valence-corrected chi connectivity index (χ4v) is 3.37. The zero-order valence-electron chi connectivity index (χ0n) is 13.4. The Kier molecular flexibility index (Phi) is 4.33. The third-order valence-corrected chi connectivity index (χ3v) is 4.75. The van der Waals surface area contributed by atoms with Crippen molar-refractivity contribution in [3.05, 3.63) is 5.82 Å². The van der Waals surface area contributed by atoms with Crippen LogP contribution < -0.4 is 10.6 Å². The van der Waals surface area contributed by atoms with Crippen LogP contribution in [-0.4, -0.2) is 53.2 Å². The molecule has 0 aliphatic carbocycles. The van der Waals surface area contributed by atoms with Gasteiger partial charge < -0.3 is 15.2 Å². The van der Waals surface area contributed by atoms with Gasteiger partial charge in [0.1, 0.15) is 0 Å². The Morgan fingerprint density at radius 1 is 1.32 bits per heavy atom. The molecule has 1 aromatic heterocycles. The van der Waals surface area contributed by atoms with Crippen LogP contribution in [-0.2, 0) is 4.79 Å². The Bertz CT molecular complexity index is 530. The van der Waals surface area contributed by atoms with Gasteiger partial charge in [-0.1, -0.05) is 19.0 Å². The second-order valence-corrected chi connectivity index (χ2v) is 6.71. The van der Waals surface area contributed by atoms with E-state index in [1.165, 1.54) is 0 Å². The zero-order valence-corrected chi connectivity index (χ0v) is 13.4. The first-order valence-electron chi connectivity index (χ1n) is 8.16. The van der Waals surface area contributed by atoms with E-state index in [1.807, 2.05) is 0 Å². The lowest BCUT2D eigenvalue weighted by atomic mass is 9.96. The quantitative estimate of drug-likeness (QED) is 0.891. The normalized spacial score (nSPS) is 26.8. The molecule has 2 N–H and O–H groups in total. The standard InChI is InChI=1S/C15H25N5O2/c1-10(2)14-17-15(22-18-14)20-7-5-12(9-20)19-6-3-4-11(8-19)13(16)21/h10-12H,3-9H2,1-2H3,(H2,16,21)/t11?,12-/m1/s1. The Labute approximate surface area is 130 Å². The number of rotatable bonds is 4. The van der Waals surface area contributed by atoms with Crippen molar-refractivity contribution >= 4 is 11.9 Å². The van der Waals surface area contributed by atoms with E-state index in [1.54, 1.807) is 0 Å². The van der Waals surface area contributed by atoms with Gasteiger partial charge in [0.05, 0.1) is 5.92 Å². The molecule has 2 atom stereocenters. The molecule has 1 amide bonds. The molecule has 2 saturated heterocycles. The molecule has 2 aliphatic rings. The van der Waals surface area contributed by atoms with Crippen LogP contribution in [0.1, 0.15) is 44.9 Å². The van der Waals surface area contributed by atoms with Crippen LogP contribution >= 0.6 is 0 Å². The van der Waals surface area contributed by atoms with Crippen LogP contribution in [0.4, 0.5) is 6.01 Å². The summed E-state index contributed by atoms with van der Waals surface area (Å²) in [6.45, 7) is 7.74. The number of anilines is 1. The van der Waals surface area contributed by atoms with Gasteiger partial charge >= 0.3 is 6.01 Å². The van der Waals surface area contributed by atoms with Crippen LogP contribution in [0.25, 0.3) is 0 Å². The van der Waals surface area contributed by atoms with Crippen LogP contribution in [0.3, 0.4) is 0 Å². The van der Waals surface area contributed by atoms with Crippen molar-refractivity contribution in [2.75, 3.05) is 31.1 Å². The summed E-state index contributed by atoms with van der Waals surface area (Å²) in [6.07, 6.45) is 3.02. The van der Waals surface area contributed by atoms with E-state index in [-0.39, 0.29) is 17.7 Å². The van der Waals surface area contributed by atoms with Gasteiger partial charge in [-0.25, -0.2) is 0 Å². The molecule has 22 heavy (non-hydrogen) atoms. The Balaban J connectivity index is 1.60. The highest BCUT2D eigenvalue weighted by Crippen LogP contribution is 2.26. The summed E-state index contributed by atoms with van der Waals surface area (Å²) in [4.78, 5) is 20.4. The highest BCUT2D eigenvalue weighted by atomic mass is 16.5. The minimum absolute atomic E-state index is 0.00116. The van der Waals surface area contributed by atoms with Gasteiger partial charge in [0.25, 0.3) is 0 Å². The number of primary amides is 1. The molecule has 7 heteroatoms. The molecule has 3 heterocycles. The molecule has 1 aromatic rings. The highest BCUT2D eigenvalue weighted by Gasteiger charge is 2.34. The molecule has 3 rings (SSSR count). The molecular weight excluding hydrogens is 282 g/mol. The van der Waals surface area contributed by atoms with E-state index >= 15 is 0 Å². The lowest BCUT2D eigenvalue weighted by Crippen LogP contribution is -2.47. The van der Waals surface area contributed by atoms with Crippen molar-refractivity contribution < 1.29 is 9.32 Å². The molecule has 2 fully saturated rings. The van der Waals surface area contributed by atoms with Gasteiger partial charge in [0, 0.05) is 31.6 Å². The zero-order chi connectivity index (χ0) is 15.7. The number of hydrogen-bond acceptors (Lipinski definition) is 6. The summed E-state index contributed by atoms with van der Waals surface area (Å²) in [6, 6.07) is 1.06. The maximum absolute atomic E-state index is 11.4. The first-order chi connectivity index (χ1) is 10.5. The fourth-order valence-electron chi connectivity index (χ4n) is 3.37. The average Bonchev–Trinajstić information content (AvgIpc) is 3.16. The lowest BCUT2D eigenvalue weighted by molar-refractivity contribution is -0.123. The van der Waals surface area contributed by atoms with Gasteiger partial charge in [0.2, 0.25) is 5.91 Å². The molecule has 0 radical (unpaired) electrons. The predicted molar refractivity (Wildman–Crippen MR) is 82.5 cm³/mol. The van der Waals surface area contributed by atoms with E-state index in [2.05, 4.69) is 33.8 Å². The van der Waals surface area contributed by atoms with E-state index in [0.29, 0.717) is 12.1 Å². The number of nitrogens with two attached hydrogens (primary N) is 1. The van der Waals surface area contributed by atoms with Crippen molar-refractivity contribution in [1.29, 1.82) is 0 Å². The first kappa shape index (κ1) is 15.3. The van der Waals surface area contributed by atoms with E-state index in [0.717, 1.165) is 51.3 Å². The number of amides is 1. The minimum Gasteiger partial charge on any atom is -0.369 e. The number of nitrogens with zero attached hydrogens (tertiary/aromatic N) is 4. The van der Waals surface area contributed by atoms with Crippen molar-refractivity contribution in [3.8, 4) is 0 Å². The van der Waals surface area contributed by atoms with Crippen LogP contribution in [0.2, 0.25) is 0 Å². The van der Waals surface area contributed by atoms with Gasteiger partial charge in [-0.2, -0.15) is 4.98 Å². The first-order valence-corrected chi connectivity index (χ1v) is 8.16. The second kappa shape index (κ2) is 6.24. The molecular formula is C15H25N5O2. The maximum atomic E-state index is 11.4. The summed E-state index contributed by atoms with van der Waals surface area (Å²) in [5.41, 5.74) is 5.47. The smallest absolute Gasteiger partial charge is 0.324 e. The second-order valence-electron chi connectivity index (χ2n) is 6.71. The molecule has 0 saturated carbocycles. The third-order valence-electron chi connectivity index (χ3n) is 4.75. The fraction of sp³-hybridized carbons (Fsp3) is 0.800. The summed E-state index contributed by atoms with van der Waals surface area (Å²) in [7, 11) is 0. The van der Waals surface area contributed by atoms with Crippen molar-refractivity contribution in [2.24, 2.45) is 11.7 Å². The number of carbonyl (C=O) groups is 1. The summed E-state index contributed by atoms with van der Waals surface area (Å²) in [5, 5.41) is 4.03. The van der Waals surface area contributed by atoms with Gasteiger partial charge in [0.15, 0.2) is 5.82 Å². The SMILES string of the molecule is CC(C)c1noc(N2CC[C@@H](N3CCCC(C(N)=O)C3)C2)n1. The third kappa shape index (κ3) is 3.09. The van der Waals surface area contributed by atoms with E-state index < -0.39 is 0 Å². The van der Waals surface area contributed by atoms with Crippen LogP contribution in [0.5, 0.6) is 0 Å². The number of hydrogen-bond donors (Lipinski definition) is 1. The van der Waals surface area contributed by atoms with Crippen molar-refractivity contribution in [2.45, 2.75) is 45.1 Å². The average molecular weight is 307 g/mol. The molecule has 7 nitrogen and oxygen atoms in total. The predicted octanol–water partition coefficient (Wildman–Crippen LogP) is 0.969. The lowest BCUT2D eigenvalue weighted by Gasteiger charge is -2.35. The largest absolute Gasteiger partial charge is 0.369 e. The van der Waals surface area contributed by atoms with Gasteiger partial charge in [-0.15, -0.1) is 0 Å². The molecule has 0 bridgehead atoms. The topological polar surface area (TPSA) is 88.5 Å². The number of carbonyl (C=O) groups excluding carboxylic acids is 1. The summed E-state index contributed by atoms with van der Waals surface area (Å²) >= 11 is 0. The summed E-state index contributed by atoms with van der Waals surface area (Å²) in [5.74, 6) is 0.858. The molecule has 0 spiro atoms. The number of aromatic nitrogens is 2. The van der Waals surface area contributed by atoms with Gasteiger partial charge in [-0.05, 0) is 25.8 Å². The minimum atomic E-state index is -0.168. The molecule has 122 valence electrons. The van der Waals surface area contributed by atoms with Crippen molar-refractivity contribution in [3.63, 3.8) is 0 Å². The Morgan fingerprint density at radius 2 is 2.14 bits per heavy atom. The van der Waals surface area contributed by atoms with Crippen LogP contribution in [0.15, 0.2) is 4.52 Å². The van der Waals surface area contributed by atoms with Gasteiger partial charge in [-0.3, -0.25) is 9.69 Å². The number of likely N-dealkylation sites (tertiary alicyclic amines) is 1. The van der Waals surface area contributed by atoms with E-state index in [4.69, 9.17) is 10.3 Å². The molecule has 2 aliphatic heterocycles. The van der Waals surface area contributed by atoms with Crippen LogP contribution in [0, 0.1) is 5.92 Å². The Morgan fingerprint density at radius 3 is 2.82 bits per heavy atom. The summed E-state index contributed by atoms with van der Waals surface area (Å²) < 4.78 is 5.38. The Hall–Kier alpha value is -1.63. The highest BCUT2D eigenvalue weighted by molar-refractivity contribution is 5.76. The molecule has 0 aromatic carbocycles. The maximum Gasteiger partial charge on any atom is 0.324 e. The van der Waals surface area contributed by atoms with E-state index in [9.17, 15) is 4.79 Å². The monoisotopic (exact) mass is 307 g/mol. The van der Waals surface area contributed by atoms with Crippen molar-refractivity contribution in [1.82, 2.24) is 15.0 Å². The molecule has 1 unspecified atom stereocenters.